The number of rotatable bonds is 8. The largest absolute Gasteiger partial charge is 0.493 e. The van der Waals surface area contributed by atoms with Gasteiger partial charge in [-0.3, -0.25) is 9.69 Å². The summed E-state index contributed by atoms with van der Waals surface area (Å²) in [5.41, 5.74) is 0.981. The number of methoxy groups -OCH3 is 3. The van der Waals surface area contributed by atoms with Crippen molar-refractivity contribution in [1.29, 1.82) is 0 Å². The molecule has 0 spiro atoms. The van der Waals surface area contributed by atoms with E-state index in [4.69, 9.17) is 30.5 Å². The molecule has 1 heterocycles. The Morgan fingerprint density at radius 3 is 2.26 bits per heavy atom. The zero-order valence-corrected chi connectivity index (χ0v) is 18.6. The maximum absolute atomic E-state index is 13.1. The minimum absolute atomic E-state index is 0.135. The molecule has 1 aliphatic heterocycles. The summed E-state index contributed by atoms with van der Waals surface area (Å²) < 4.78 is 34.9. The quantitative estimate of drug-likeness (QED) is 0.613. The molecule has 31 heavy (non-hydrogen) atoms. The van der Waals surface area contributed by atoms with Gasteiger partial charge in [0.15, 0.2) is 18.1 Å². The molecule has 1 aliphatic rings. The van der Waals surface area contributed by atoms with E-state index in [0.717, 1.165) is 11.6 Å². The van der Waals surface area contributed by atoms with E-state index < -0.39 is 5.82 Å². The molecule has 0 N–H and O–H groups in total. The van der Waals surface area contributed by atoms with E-state index in [1.807, 2.05) is 12.1 Å². The number of carbonyl (C=O) groups excluding carboxylic acids is 1. The highest BCUT2D eigenvalue weighted by Gasteiger charge is 2.24. The molecule has 0 unspecified atom stereocenters. The number of hydrogen-bond donors (Lipinski definition) is 0. The van der Waals surface area contributed by atoms with Gasteiger partial charge in [0.2, 0.25) is 5.75 Å². The van der Waals surface area contributed by atoms with Gasteiger partial charge in [-0.2, -0.15) is 0 Å². The molecule has 1 amide bonds. The van der Waals surface area contributed by atoms with Gasteiger partial charge >= 0.3 is 0 Å². The summed E-state index contributed by atoms with van der Waals surface area (Å²) in [7, 11) is 4.77. The molecule has 168 valence electrons. The lowest BCUT2D eigenvalue weighted by atomic mass is 10.1. The summed E-state index contributed by atoms with van der Waals surface area (Å²) in [5.74, 6) is 1.52. The molecule has 9 heteroatoms. The van der Waals surface area contributed by atoms with Gasteiger partial charge in [0.25, 0.3) is 5.91 Å². The van der Waals surface area contributed by atoms with Crippen molar-refractivity contribution in [2.24, 2.45) is 0 Å². The highest BCUT2D eigenvalue weighted by atomic mass is 35.5. The van der Waals surface area contributed by atoms with Crippen molar-refractivity contribution < 1.29 is 28.1 Å². The van der Waals surface area contributed by atoms with Crippen LogP contribution in [0, 0.1) is 5.82 Å². The van der Waals surface area contributed by atoms with Crippen LogP contribution >= 0.6 is 11.6 Å². The number of halogens is 2. The van der Waals surface area contributed by atoms with E-state index in [1.54, 1.807) is 26.2 Å². The highest BCUT2D eigenvalue weighted by Crippen LogP contribution is 2.40. The van der Waals surface area contributed by atoms with Crippen LogP contribution in [0.25, 0.3) is 0 Å². The number of ether oxygens (including phenoxy) is 4. The predicted octanol–water partition coefficient (Wildman–Crippen LogP) is 3.23. The minimum Gasteiger partial charge on any atom is -0.493 e. The van der Waals surface area contributed by atoms with Crippen molar-refractivity contribution >= 4 is 17.5 Å². The first-order chi connectivity index (χ1) is 15.0. The van der Waals surface area contributed by atoms with Gasteiger partial charge < -0.3 is 23.8 Å². The molecule has 0 aliphatic carbocycles. The Balaban J connectivity index is 1.54. The molecule has 0 saturated carbocycles. The van der Waals surface area contributed by atoms with Gasteiger partial charge in [0.1, 0.15) is 11.6 Å². The second-order valence-corrected chi connectivity index (χ2v) is 7.42. The lowest BCUT2D eigenvalue weighted by Crippen LogP contribution is -2.49. The summed E-state index contributed by atoms with van der Waals surface area (Å²) in [4.78, 5) is 16.5. The van der Waals surface area contributed by atoms with Gasteiger partial charge in [0.05, 0.1) is 26.4 Å². The summed E-state index contributed by atoms with van der Waals surface area (Å²) >= 11 is 5.94. The van der Waals surface area contributed by atoms with E-state index >= 15 is 0 Å². The Hall–Kier alpha value is -2.71. The van der Waals surface area contributed by atoms with Gasteiger partial charge in [0, 0.05) is 38.3 Å². The number of piperazine rings is 1. The molecule has 0 radical (unpaired) electrons. The van der Waals surface area contributed by atoms with Gasteiger partial charge in [-0.1, -0.05) is 17.7 Å². The molecule has 7 nitrogen and oxygen atoms in total. The van der Waals surface area contributed by atoms with Crippen molar-refractivity contribution in [3.63, 3.8) is 0 Å². The summed E-state index contributed by atoms with van der Waals surface area (Å²) in [6, 6.07) is 7.63. The van der Waals surface area contributed by atoms with Crippen molar-refractivity contribution in [3.05, 3.63) is 46.7 Å². The third-order valence-electron chi connectivity index (χ3n) is 5.15. The Labute approximate surface area is 186 Å². The zero-order chi connectivity index (χ0) is 22.4. The fraction of sp³-hybridized carbons (Fsp3) is 0.409. The zero-order valence-electron chi connectivity index (χ0n) is 17.8. The Kier molecular flexibility index (Phi) is 7.81. The van der Waals surface area contributed by atoms with Crippen LogP contribution in [-0.4, -0.2) is 69.8 Å². The summed E-state index contributed by atoms with van der Waals surface area (Å²) in [5, 5.41) is 0.140. The molecule has 0 atom stereocenters. The molecular weight excluding hydrogens is 427 g/mol. The lowest BCUT2D eigenvalue weighted by Gasteiger charge is -2.35. The normalized spacial score (nSPS) is 14.3. The van der Waals surface area contributed by atoms with Crippen molar-refractivity contribution in [3.8, 4) is 23.0 Å². The Bertz CT molecular complexity index is 919. The van der Waals surface area contributed by atoms with Crippen molar-refractivity contribution in [2.45, 2.75) is 6.54 Å². The fourth-order valence-electron chi connectivity index (χ4n) is 3.51. The number of carbonyl (C=O) groups is 1. The summed E-state index contributed by atoms with van der Waals surface area (Å²) in [6.45, 7) is 3.09. The average Bonchev–Trinajstić information content (AvgIpc) is 2.78. The topological polar surface area (TPSA) is 60.5 Å². The van der Waals surface area contributed by atoms with Gasteiger partial charge in [-0.15, -0.1) is 0 Å². The third-order valence-corrected chi connectivity index (χ3v) is 5.45. The van der Waals surface area contributed by atoms with E-state index in [9.17, 15) is 9.18 Å². The monoisotopic (exact) mass is 452 g/mol. The number of hydrogen-bond acceptors (Lipinski definition) is 6. The van der Waals surface area contributed by atoms with Crippen LogP contribution in [0.3, 0.4) is 0 Å². The molecule has 1 fully saturated rings. The molecule has 2 aromatic carbocycles. The third kappa shape index (κ3) is 5.51. The van der Waals surface area contributed by atoms with Crippen LogP contribution in [0.2, 0.25) is 5.02 Å². The van der Waals surface area contributed by atoms with E-state index in [2.05, 4.69) is 4.90 Å². The van der Waals surface area contributed by atoms with Gasteiger partial charge in [-0.25, -0.2) is 4.39 Å². The lowest BCUT2D eigenvalue weighted by molar-refractivity contribution is -0.135. The molecular formula is C22H26ClFN2O5. The van der Waals surface area contributed by atoms with Crippen LogP contribution in [0.5, 0.6) is 23.0 Å². The molecule has 3 rings (SSSR count). The first-order valence-corrected chi connectivity index (χ1v) is 10.2. The highest BCUT2D eigenvalue weighted by molar-refractivity contribution is 6.32. The second kappa shape index (κ2) is 10.5. The maximum Gasteiger partial charge on any atom is 0.260 e. The SMILES string of the molecule is COc1ccc(CN2CCN(C(=O)COc3ccc(F)cc3Cl)CC2)c(OC)c1OC. The number of nitrogens with zero attached hydrogens (tertiary/aromatic N) is 2. The van der Waals surface area contributed by atoms with E-state index in [0.29, 0.717) is 50.0 Å². The predicted molar refractivity (Wildman–Crippen MR) is 115 cm³/mol. The minimum atomic E-state index is -0.453. The second-order valence-electron chi connectivity index (χ2n) is 7.01. The Morgan fingerprint density at radius 1 is 0.968 bits per heavy atom. The molecule has 2 aromatic rings. The Morgan fingerprint density at radius 2 is 1.65 bits per heavy atom. The van der Waals surface area contributed by atoms with Crippen LogP contribution < -0.4 is 18.9 Å². The van der Waals surface area contributed by atoms with E-state index in [-0.39, 0.29) is 23.3 Å². The fourth-order valence-corrected chi connectivity index (χ4v) is 3.73. The molecule has 0 bridgehead atoms. The van der Waals surface area contributed by atoms with Gasteiger partial charge in [-0.05, 0) is 24.3 Å². The first kappa shape index (κ1) is 23.0. The molecule has 0 aromatic heterocycles. The van der Waals surface area contributed by atoms with E-state index in [1.165, 1.54) is 12.1 Å². The van der Waals surface area contributed by atoms with Crippen molar-refractivity contribution in [2.75, 3.05) is 54.1 Å². The molecule has 1 saturated heterocycles. The van der Waals surface area contributed by atoms with Crippen LogP contribution in [0.15, 0.2) is 30.3 Å². The smallest absolute Gasteiger partial charge is 0.260 e. The van der Waals surface area contributed by atoms with Crippen molar-refractivity contribution in [1.82, 2.24) is 9.80 Å². The summed E-state index contributed by atoms with van der Waals surface area (Å²) in [6.07, 6.45) is 0. The maximum atomic E-state index is 13.1. The van der Waals surface area contributed by atoms with Crippen LogP contribution in [0.1, 0.15) is 5.56 Å². The van der Waals surface area contributed by atoms with Crippen LogP contribution in [0.4, 0.5) is 4.39 Å². The van der Waals surface area contributed by atoms with Crippen LogP contribution in [-0.2, 0) is 11.3 Å². The number of benzene rings is 2. The number of amides is 1. The first-order valence-electron chi connectivity index (χ1n) is 9.82. The standard InChI is InChI=1S/C22H26ClFN2O5/c1-28-19-6-4-15(21(29-2)22(19)30-3)13-25-8-10-26(11-9-25)20(27)14-31-18-7-5-16(24)12-17(18)23/h4-7,12H,8-11,13-14H2,1-3H3. The average molecular weight is 453 g/mol.